The van der Waals surface area contributed by atoms with Crippen LogP contribution in [0, 0.1) is 0 Å². The van der Waals surface area contributed by atoms with E-state index in [1.54, 1.807) is 25.2 Å². The maximum Gasteiger partial charge on any atom is 0.405 e. The summed E-state index contributed by atoms with van der Waals surface area (Å²) >= 11 is 0. The van der Waals surface area contributed by atoms with Crippen molar-refractivity contribution < 1.29 is 23.8 Å². The van der Waals surface area contributed by atoms with Crippen LogP contribution >= 0.6 is 0 Å². The van der Waals surface area contributed by atoms with E-state index in [0.29, 0.717) is 23.8 Å². The van der Waals surface area contributed by atoms with Crippen LogP contribution in [0.5, 0.6) is 11.5 Å². The quantitative estimate of drug-likeness (QED) is 0.845. The van der Waals surface area contributed by atoms with Crippen LogP contribution in [-0.2, 0) is 9.53 Å². The fourth-order valence-electron chi connectivity index (χ4n) is 2.11. The number of benzene rings is 1. The molecule has 2 N–H and O–H groups in total. The number of nitrogens with zero attached hydrogens (tertiary/aromatic N) is 2. The normalized spacial score (nSPS) is 17.3. The summed E-state index contributed by atoms with van der Waals surface area (Å²) in [7, 11) is 5.50. The lowest BCUT2D eigenvalue weighted by molar-refractivity contribution is -0.127. The Balaban J connectivity index is 2.15. The van der Waals surface area contributed by atoms with E-state index in [2.05, 4.69) is 0 Å². The van der Waals surface area contributed by atoms with Gasteiger partial charge in [-0.2, -0.15) is 0 Å². The number of primary amides is 1. The van der Waals surface area contributed by atoms with E-state index >= 15 is 0 Å². The molecule has 2 amide bonds. The molecule has 1 aliphatic rings. The van der Waals surface area contributed by atoms with E-state index < -0.39 is 18.1 Å². The molecule has 2 rings (SSSR count). The standard InChI is InChI=1S/C15H21N3O5/c1-17(2)6-7-21-10-4-5-12-11(8-10)18(3)14(19)13(9-22-12)23-15(16)20/h4-5,8,13H,6-7,9H2,1-3H3,(H2,16,20)/t13-/m0/s1. The maximum atomic E-state index is 12.3. The molecule has 0 unspecified atom stereocenters. The van der Waals surface area contributed by atoms with Crippen LogP contribution in [0.1, 0.15) is 0 Å². The SMILES string of the molecule is CN(C)CCOc1ccc2c(c1)N(C)C(=O)[C@@H](OC(N)=O)CO2. The molecular weight excluding hydrogens is 302 g/mol. The third-order valence-electron chi connectivity index (χ3n) is 3.35. The van der Waals surface area contributed by atoms with Gasteiger partial charge in [0.25, 0.3) is 5.91 Å². The molecule has 1 aliphatic heterocycles. The predicted molar refractivity (Wildman–Crippen MR) is 83.9 cm³/mol. The van der Waals surface area contributed by atoms with Crippen LogP contribution in [0.25, 0.3) is 0 Å². The van der Waals surface area contributed by atoms with Crippen molar-refractivity contribution in [2.45, 2.75) is 6.10 Å². The van der Waals surface area contributed by atoms with Crippen molar-refractivity contribution in [3.05, 3.63) is 18.2 Å². The van der Waals surface area contributed by atoms with E-state index in [0.717, 1.165) is 6.54 Å². The van der Waals surface area contributed by atoms with E-state index in [1.807, 2.05) is 19.0 Å². The highest BCUT2D eigenvalue weighted by atomic mass is 16.6. The third kappa shape index (κ3) is 4.26. The van der Waals surface area contributed by atoms with Gasteiger partial charge in [0.15, 0.2) is 0 Å². The average Bonchev–Trinajstić information content (AvgIpc) is 2.59. The van der Waals surface area contributed by atoms with Gasteiger partial charge in [-0.3, -0.25) is 4.79 Å². The number of ether oxygens (including phenoxy) is 3. The Morgan fingerprint density at radius 3 is 2.87 bits per heavy atom. The fourth-order valence-corrected chi connectivity index (χ4v) is 2.11. The lowest BCUT2D eigenvalue weighted by Gasteiger charge is -2.19. The molecule has 8 heteroatoms. The summed E-state index contributed by atoms with van der Waals surface area (Å²) in [4.78, 5) is 26.6. The van der Waals surface area contributed by atoms with E-state index in [9.17, 15) is 9.59 Å². The first kappa shape index (κ1) is 16.9. The summed E-state index contributed by atoms with van der Waals surface area (Å²) < 4.78 is 16.0. The van der Waals surface area contributed by atoms with Gasteiger partial charge in [-0.25, -0.2) is 4.79 Å². The van der Waals surface area contributed by atoms with Crippen molar-refractivity contribution in [1.29, 1.82) is 0 Å². The Labute approximate surface area is 134 Å². The van der Waals surface area contributed by atoms with Crippen LogP contribution in [-0.4, -0.2) is 63.9 Å². The molecule has 1 aromatic rings. The molecule has 0 saturated carbocycles. The number of rotatable bonds is 5. The second-order valence-corrected chi connectivity index (χ2v) is 5.42. The first-order valence-electron chi connectivity index (χ1n) is 7.16. The molecule has 8 nitrogen and oxygen atoms in total. The predicted octanol–water partition coefficient (Wildman–Crippen LogP) is 0.446. The van der Waals surface area contributed by atoms with Crippen LogP contribution < -0.4 is 20.1 Å². The topological polar surface area (TPSA) is 94.3 Å². The van der Waals surface area contributed by atoms with Gasteiger partial charge in [-0.1, -0.05) is 0 Å². The molecule has 126 valence electrons. The third-order valence-corrected chi connectivity index (χ3v) is 3.35. The van der Waals surface area contributed by atoms with Gasteiger partial charge in [0.1, 0.15) is 24.7 Å². The molecule has 0 fully saturated rings. The Kier molecular flexibility index (Phi) is 5.28. The minimum absolute atomic E-state index is 0.0834. The van der Waals surface area contributed by atoms with Gasteiger partial charge in [0, 0.05) is 19.7 Å². The van der Waals surface area contributed by atoms with Crippen LogP contribution in [0.2, 0.25) is 0 Å². The monoisotopic (exact) mass is 323 g/mol. The number of amides is 2. The van der Waals surface area contributed by atoms with Gasteiger partial charge in [-0.05, 0) is 26.2 Å². The van der Waals surface area contributed by atoms with Crippen LogP contribution in [0.4, 0.5) is 10.5 Å². The van der Waals surface area contributed by atoms with Crippen molar-refractivity contribution in [1.82, 2.24) is 4.90 Å². The first-order chi connectivity index (χ1) is 10.9. The Bertz CT molecular complexity index is 590. The van der Waals surface area contributed by atoms with Crippen LogP contribution in [0.3, 0.4) is 0 Å². The number of carbonyl (C=O) groups is 2. The highest BCUT2D eigenvalue weighted by Gasteiger charge is 2.32. The summed E-state index contributed by atoms with van der Waals surface area (Å²) in [6.45, 7) is 1.22. The molecule has 0 spiro atoms. The molecule has 23 heavy (non-hydrogen) atoms. The van der Waals surface area contributed by atoms with Crippen molar-refractivity contribution in [3.63, 3.8) is 0 Å². The molecule has 0 saturated heterocycles. The number of hydrogen-bond donors (Lipinski definition) is 1. The minimum Gasteiger partial charge on any atom is -0.492 e. The molecule has 0 aliphatic carbocycles. The van der Waals surface area contributed by atoms with Gasteiger partial charge >= 0.3 is 6.09 Å². The lowest BCUT2D eigenvalue weighted by Crippen LogP contribution is -2.41. The zero-order valence-electron chi connectivity index (χ0n) is 13.4. The molecule has 1 aromatic carbocycles. The van der Waals surface area contributed by atoms with Crippen molar-refractivity contribution in [2.75, 3.05) is 45.8 Å². The molecule has 1 atom stereocenters. The number of likely N-dealkylation sites (N-methyl/N-ethyl adjacent to an activating group) is 2. The van der Waals surface area contributed by atoms with E-state index in [4.69, 9.17) is 19.9 Å². The smallest absolute Gasteiger partial charge is 0.405 e. The number of anilines is 1. The molecule has 0 radical (unpaired) electrons. The van der Waals surface area contributed by atoms with Crippen LogP contribution in [0.15, 0.2) is 18.2 Å². The number of fused-ring (bicyclic) bond motifs is 1. The summed E-state index contributed by atoms with van der Waals surface area (Å²) in [5.74, 6) is 0.729. The molecular formula is C15H21N3O5. The molecule has 0 bridgehead atoms. The Morgan fingerprint density at radius 2 is 2.22 bits per heavy atom. The second-order valence-electron chi connectivity index (χ2n) is 5.42. The van der Waals surface area contributed by atoms with E-state index in [1.165, 1.54) is 4.90 Å². The fraction of sp³-hybridized carbons (Fsp3) is 0.467. The zero-order valence-corrected chi connectivity index (χ0v) is 13.4. The highest BCUT2D eigenvalue weighted by molar-refractivity contribution is 5.99. The van der Waals surface area contributed by atoms with Crippen molar-refractivity contribution in [3.8, 4) is 11.5 Å². The van der Waals surface area contributed by atoms with Gasteiger partial charge in [-0.15, -0.1) is 0 Å². The molecule has 1 heterocycles. The van der Waals surface area contributed by atoms with E-state index in [-0.39, 0.29) is 6.61 Å². The Morgan fingerprint density at radius 1 is 1.48 bits per heavy atom. The average molecular weight is 323 g/mol. The second kappa shape index (κ2) is 7.19. The number of carbonyl (C=O) groups excluding carboxylic acids is 2. The summed E-state index contributed by atoms with van der Waals surface area (Å²) in [6.07, 6.45) is -2.08. The highest BCUT2D eigenvalue weighted by Crippen LogP contribution is 2.34. The van der Waals surface area contributed by atoms with Gasteiger partial charge < -0.3 is 29.7 Å². The van der Waals surface area contributed by atoms with Gasteiger partial charge in [0.2, 0.25) is 6.10 Å². The summed E-state index contributed by atoms with van der Waals surface area (Å²) in [6, 6.07) is 5.20. The maximum absolute atomic E-state index is 12.3. The number of nitrogens with two attached hydrogens (primary N) is 1. The summed E-state index contributed by atoms with van der Waals surface area (Å²) in [5.41, 5.74) is 5.53. The van der Waals surface area contributed by atoms with Crippen molar-refractivity contribution in [2.24, 2.45) is 5.73 Å². The first-order valence-corrected chi connectivity index (χ1v) is 7.16. The summed E-state index contributed by atoms with van der Waals surface area (Å²) in [5, 5.41) is 0. The van der Waals surface area contributed by atoms with Gasteiger partial charge in [0.05, 0.1) is 5.69 Å². The number of hydrogen-bond acceptors (Lipinski definition) is 6. The van der Waals surface area contributed by atoms with Crippen molar-refractivity contribution >= 4 is 17.7 Å². The largest absolute Gasteiger partial charge is 0.492 e. The zero-order chi connectivity index (χ0) is 17.0. The Hall–Kier alpha value is -2.48. The minimum atomic E-state index is -1.07. The lowest BCUT2D eigenvalue weighted by atomic mass is 10.2. The molecule has 0 aromatic heterocycles.